The molecule has 4 aromatic rings. The van der Waals surface area contributed by atoms with Gasteiger partial charge < -0.3 is 5.73 Å². The van der Waals surface area contributed by atoms with Crippen molar-refractivity contribution in [2.45, 2.75) is 6.42 Å². The highest BCUT2D eigenvalue weighted by atomic mass is 35.5. The fourth-order valence-electron chi connectivity index (χ4n) is 1.98. The summed E-state index contributed by atoms with van der Waals surface area (Å²) in [7, 11) is 0. The third-order valence-electron chi connectivity index (χ3n) is 2.97. The second kappa shape index (κ2) is 7.76. The number of amides is 1. The first-order valence-corrected chi connectivity index (χ1v) is 9.57. The van der Waals surface area contributed by atoms with Gasteiger partial charge >= 0.3 is 0 Å². The molecule has 4 heterocycles. The van der Waals surface area contributed by atoms with Crippen molar-refractivity contribution in [3.8, 4) is 0 Å². The Labute approximate surface area is 164 Å². The summed E-state index contributed by atoms with van der Waals surface area (Å²) in [5.41, 5.74) is 5.69. The Morgan fingerprint density at radius 1 is 0.920 bits per heavy atom. The molecule has 0 saturated carbocycles. The molecule has 0 bridgehead atoms. The number of fused-ring (bicyclic) bond motifs is 2. The monoisotopic (exact) mass is 431 g/mol. The fraction of sp³-hybridized carbons (Fsp3) is 0.0714. The molecule has 4 rings (SSSR count). The maximum Gasteiger partial charge on any atom is 0.225 e. The number of aromatic nitrogens is 4. The van der Waals surface area contributed by atoms with Crippen molar-refractivity contribution in [1.29, 1.82) is 0 Å². The van der Waals surface area contributed by atoms with E-state index >= 15 is 0 Å². The zero-order chi connectivity index (χ0) is 18.0. The molecule has 0 aliphatic rings. The van der Waals surface area contributed by atoms with E-state index in [-0.39, 0.29) is 17.0 Å². The Balaban J connectivity index is 0.000000150. The molecular formula is C14H8Cl3N5OS2. The molecule has 0 saturated heterocycles. The van der Waals surface area contributed by atoms with Crippen LogP contribution in [0.3, 0.4) is 0 Å². The summed E-state index contributed by atoms with van der Waals surface area (Å²) in [6, 6.07) is 3.73. The quantitative estimate of drug-likeness (QED) is 0.375. The van der Waals surface area contributed by atoms with Crippen LogP contribution < -0.4 is 5.73 Å². The first-order chi connectivity index (χ1) is 11.9. The smallest absolute Gasteiger partial charge is 0.225 e. The van der Waals surface area contributed by atoms with Gasteiger partial charge in [0, 0.05) is 10.8 Å². The van der Waals surface area contributed by atoms with E-state index in [0.717, 1.165) is 20.4 Å². The first-order valence-electron chi connectivity index (χ1n) is 6.68. The first kappa shape index (κ1) is 18.2. The predicted octanol–water partition coefficient (Wildman–Crippen LogP) is 4.37. The number of carbonyl (C=O) groups excluding carboxylic acids is 1. The summed E-state index contributed by atoms with van der Waals surface area (Å²) in [5, 5.41) is 6.25. The number of halogens is 3. The van der Waals surface area contributed by atoms with Gasteiger partial charge in [0.15, 0.2) is 0 Å². The number of hydrogen-bond acceptors (Lipinski definition) is 7. The topological polar surface area (TPSA) is 94.7 Å². The van der Waals surface area contributed by atoms with Crippen molar-refractivity contribution in [2.24, 2.45) is 5.73 Å². The van der Waals surface area contributed by atoms with Crippen molar-refractivity contribution < 1.29 is 4.79 Å². The van der Waals surface area contributed by atoms with Crippen molar-refractivity contribution in [3.63, 3.8) is 0 Å². The lowest BCUT2D eigenvalue weighted by Crippen LogP contribution is -2.14. The lowest BCUT2D eigenvalue weighted by molar-refractivity contribution is -0.117. The Kier molecular flexibility index (Phi) is 5.65. The molecule has 25 heavy (non-hydrogen) atoms. The minimum absolute atomic E-state index is 0.0927. The molecule has 128 valence electrons. The lowest BCUT2D eigenvalue weighted by Gasteiger charge is -1.99. The lowest BCUT2D eigenvalue weighted by atomic mass is 10.2. The highest BCUT2D eigenvalue weighted by Crippen LogP contribution is 2.25. The van der Waals surface area contributed by atoms with Gasteiger partial charge in [-0.2, -0.15) is 0 Å². The molecule has 0 fully saturated rings. The molecule has 2 N–H and O–H groups in total. The predicted molar refractivity (Wildman–Crippen MR) is 103 cm³/mol. The molecule has 0 radical (unpaired) electrons. The zero-order valence-corrected chi connectivity index (χ0v) is 16.1. The van der Waals surface area contributed by atoms with E-state index in [0.29, 0.717) is 10.8 Å². The highest BCUT2D eigenvalue weighted by Gasteiger charge is 2.09. The van der Waals surface area contributed by atoms with Gasteiger partial charge in [0.1, 0.15) is 14.8 Å². The molecule has 0 atom stereocenters. The molecular weight excluding hydrogens is 425 g/mol. The summed E-state index contributed by atoms with van der Waals surface area (Å²) >= 11 is 20.0. The van der Waals surface area contributed by atoms with Gasteiger partial charge in [-0.3, -0.25) is 4.79 Å². The second-order valence-corrected chi connectivity index (χ2v) is 7.47. The van der Waals surface area contributed by atoms with Crippen molar-refractivity contribution >= 4 is 83.8 Å². The van der Waals surface area contributed by atoms with Crippen molar-refractivity contribution in [2.75, 3.05) is 0 Å². The Morgan fingerprint density at radius 2 is 1.48 bits per heavy atom. The van der Waals surface area contributed by atoms with E-state index < -0.39 is 5.91 Å². The molecule has 0 aliphatic carbocycles. The van der Waals surface area contributed by atoms with Crippen LogP contribution in [0.1, 0.15) is 5.69 Å². The number of thiophene rings is 2. The van der Waals surface area contributed by atoms with Gasteiger partial charge in [0.05, 0.1) is 12.1 Å². The number of rotatable bonds is 2. The van der Waals surface area contributed by atoms with Gasteiger partial charge in [-0.1, -0.05) is 11.6 Å². The van der Waals surface area contributed by atoms with Crippen molar-refractivity contribution in [1.82, 2.24) is 19.9 Å². The third-order valence-corrected chi connectivity index (χ3v) is 5.21. The van der Waals surface area contributed by atoms with Gasteiger partial charge in [0.2, 0.25) is 16.5 Å². The average Bonchev–Trinajstić information content (AvgIpc) is 3.15. The Bertz CT molecular complexity index is 1070. The molecule has 6 nitrogen and oxygen atoms in total. The van der Waals surface area contributed by atoms with Crippen LogP contribution in [0.5, 0.6) is 0 Å². The number of nitrogens with zero attached hydrogens (tertiary/aromatic N) is 4. The van der Waals surface area contributed by atoms with Crippen LogP contribution in [-0.4, -0.2) is 25.8 Å². The van der Waals surface area contributed by atoms with E-state index in [2.05, 4.69) is 19.9 Å². The fourth-order valence-corrected chi connectivity index (χ4v) is 4.32. The maximum atomic E-state index is 10.8. The minimum Gasteiger partial charge on any atom is -0.369 e. The molecule has 11 heteroatoms. The van der Waals surface area contributed by atoms with Crippen LogP contribution in [0.25, 0.3) is 20.4 Å². The second-order valence-electron chi connectivity index (χ2n) is 4.64. The zero-order valence-electron chi connectivity index (χ0n) is 12.2. The number of carbonyl (C=O) groups is 1. The number of primary amides is 1. The van der Waals surface area contributed by atoms with Crippen LogP contribution in [0.2, 0.25) is 15.7 Å². The van der Waals surface area contributed by atoms with E-state index in [4.69, 9.17) is 40.5 Å². The summed E-state index contributed by atoms with van der Waals surface area (Å²) in [6.45, 7) is 0. The summed E-state index contributed by atoms with van der Waals surface area (Å²) in [6.07, 6.45) is 0.0927. The van der Waals surface area contributed by atoms with E-state index in [9.17, 15) is 4.79 Å². The summed E-state index contributed by atoms with van der Waals surface area (Å²) < 4.78 is 0. The molecule has 4 aromatic heterocycles. The molecule has 1 amide bonds. The Morgan fingerprint density at radius 3 is 2.12 bits per heavy atom. The van der Waals surface area contributed by atoms with Crippen LogP contribution in [-0.2, 0) is 11.2 Å². The van der Waals surface area contributed by atoms with Gasteiger partial charge in [-0.05, 0) is 46.1 Å². The maximum absolute atomic E-state index is 10.8. The van der Waals surface area contributed by atoms with Crippen LogP contribution in [0.4, 0.5) is 0 Å². The van der Waals surface area contributed by atoms with Gasteiger partial charge in [-0.15, -0.1) is 22.7 Å². The molecule has 0 aliphatic heterocycles. The normalized spacial score (nSPS) is 10.7. The SMILES string of the molecule is Clc1nc(Cl)c2ccsc2n1.NC(=O)Cc1nc(Cl)nc2sccc12. The van der Waals surface area contributed by atoms with Gasteiger partial charge in [-0.25, -0.2) is 19.9 Å². The van der Waals surface area contributed by atoms with E-state index in [1.807, 2.05) is 22.9 Å². The van der Waals surface area contributed by atoms with Crippen LogP contribution in [0.15, 0.2) is 22.9 Å². The van der Waals surface area contributed by atoms with Crippen LogP contribution in [0, 0.1) is 0 Å². The number of nitrogens with two attached hydrogens (primary N) is 1. The van der Waals surface area contributed by atoms with Gasteiger partial charge in [0.25, 0.3) is 0 Å². The van der Waals surface area contributed by atoms with Crippen molar-refractivity contribution in [3.05, 3.63) is 44.3 Å². The standard InChI is InChI=1S/C8H6ClN3OS.C6H2Cl2N2S/c9-8-11-5(3-6(10)13)4-1-2-14-7(4)12-8;7-4-3-1-2-11-5(3)10-6(8)9-4/h1-2H,3H2,(H2,10,13);1-2H. The molecule has 0 aromatic carbocycles. The van der Waals surface area contributed by atoms with Crippen LogP contribution >= 0.6 is 57.5 Å². The minimum atomic E-state index is -0.424. The average molecular weight is 433 g/mol. The summed E-state index contributed by atoms with van der Waals surface area (Å²) in [4.78, 5) is 28.2. The number of hydrogen-bond donors (Lipinski definition) is 1. The molecule has 0 spiro atoms. The Hall–Kier alpha value is -1.58. The highest BCUT2D eigenvalue weighted by molar-refractivity contribution is 7.17. The summed E-state index contributed by atoms with van der Waals surface area (Å²) in [5.74, 6) is -0.424. The largest absolute Gasteiger partial charge is 0.369 e. The third kappa shape index (κ3) is 4.34. The van der Waals surface area contributed by atoms with E-state index in [1.165, 1.54) is 22.7 Å². The van der Waals surface area contributed by atoms with E-state index in [1.54, 1.807) is 0 Å². The molecule has 0 unspecified atom stereocenters.